The van der Waals surface area contributed by atoms with Crippen molar-refractivity contribution in [2.24, 2.45) is 0 Å². The molecule has 0 spiro atoms. The van der Waals surface area contributed by atoms with Crippen LogP contribution in [0.2, 0.25) is 0 Å². The van der Waals surface area contributed by atoms with E-state index >= 15 is 0 Å². The van der Waals surface area contributed by atoms with E-state index in [1.165, 1.54) is 25.8 Å². The Labute approximate surface area is 197 Å². The van der Waals surface area contributed by atoms with E-state index in [-0.39, 0.29) is 10.1 Å². The van der Waals surface area contributed by atoms with Gasteiger partial charge in [-0.2, -0.15) is 4.98 Å². The maximum atomic E-state index is 12.7. The predicted octanol–water partition coefficient (Wildman–Crippen LogP) is 3.63. The molecule has 1 amide bonds. The van der Waals surface area contributed by atoms with Crippen LogP contribution in [-0.2, 0) is 21.4 Å². The Balaban J connectivity index is 1.42. The van der Waals surface area contributed by atoms with E-state index in [1.807, 2.05) is 13.0 Å². The first-order valence-electron chi connectivity index (χ1n) is 10.6. The van der Waals surface area contributed by atoms with Crippen LogP contribution in [0.1, 0.15) is 30.3 Å². The molecule has 0 atom stereocenters. The van der Waals surface area contributed by atoms with Gasteiger partial charge in [-0.25, -0.2) is 13.4 Å². The number of nitrogens with one attached hydrogen (secondary N) is 3. The molecule has 3 aromatic rings. The number of hydrogen-bond acceptors (Lipinski definition) is 8. The molecule has 0 unspecified atom stereocenters. The Hall–Kier alpha value is -3.18. The third-order valence-corrected chi connectivity index (χ3v) is 8.04. The number of hydrogen-bond donors (Lipinski definition) is 3. The standard InChI is InChI=1S/C22H26N6O3S2/c1-15-13-20(28-11-3-4-12-28)26-22(24-15)25-17-5-7-18(8-6-17)27-33(30,31)21-10-9-19(32-21)14-23-16(2)29/h5-10,13,27H,3-4,11-12,14H2,1-2H3,(H,23,29)(H,24,25,26). The molecule has 1 aliphatic heterocycles. The molecule has 1 aliphatic rings. The van der Waals surface area contributed by atoms with Gasteiger partial charge in [0.1, 0.15) is 10.0 Å². The van der Waals surface area contributed by atoms with Crippen LogP contribution in [-0.4, -0.2) is 37.4 Å². The zero-order valence-electron chi connectivity index (χ0n) is 18.5. The fraction of sp³-hybridized carbons (Fsp3) is 0.318. The van der Waals surface area contributed by atoms with Gasteiger partial charge in [-0.05, 0) is 56.2 Å². The molecule has 33 heavy (non-hydrogen) atoms. The number of thiophene rings is 1. The maximum absolute atomic E-state index is 12.7. The van der Waals surface area contributed by atoms with Gasteiger partial charge in [-0.15, -0.1) is 11.3 Å². The Morgan fingerprint density at radius 2 is 1.76 bits per heavy atom. The van der Waals surface area contributed by atoms with Crippen LogP contribution in [0.3, 0.4) is 0 Å². The number of benzene rings is 1. The largest absolute Gasteiger partial charge is 0.356 e. The summed E-state index contributed by atoms with van der Waals surface area (Å²) in [7, 11) is -3.72. The molecule has 3 heterocycles. The zero-order valence-corrected chi connectivity index (χ0v) is 20.1. The van der Waals surface area contributed by atoms with Gasteiger partial charge in [-0.3, -0.25) is 9.52 Å². The molecule has 1 aromatic carbocycles. The second-order valence-electron chi connectivity index (χ2n) is 7.82. The van der Waals surface area contributed by atoms with Crippen LogP contribution in [0.25, 0.3) is 0 Å². The number of nitrogens with zero attached hydrogens (tertiary/aromatic N) is 3. The minimum absolute atomic E-state index is 0.164. The Morgan fingerprint density at radius 1 is 1.06 bits per heavy atom. The summed E-state index contributed by atoms with van der Waals surface area (Å²) in [4.78, 5) is 23.2. The number of carbonyl (C=O) groups excluding carboxylic acids is 1. The van der Waals surface area contributed by atoms with E-state index in [0.717, 1.165) is 46.5 Å². The SMILES string of the molecule is CC(=O)NCc1ccc(S(=O)(=O)Nc2ccc(Nc3nc(C)cc(N4CCCC4)n3)cc2)s1. The van der Waals surface area contributed by atoms with Crippen LogP contribution in [0.4, 0.5) is 23.1 Å². The summed E-state index contributed by atoms with van der Waals surface area (Å²) >= 11 is 1.12. The summed E-state index contributed by atoms with van der Waals surface area (Å²) in [6, 6.07) is 12.1. The van der Waals surface area contributed by atoms with Crippen molar-refractivity contribution in [1.82, 2.24) is 15.3 Å². The lowest BCUT2D eigenvalue weighted by molar-refractivity contribution is -0.119. The smallest absolute Gasteiger partial charge is 0.271 e. The number of sulfonamides is 1. The summed E-state index contributed by atoms with van der Waals surface area (Å²) in [6.07, 6.45) is 2.34. The van der Waals surface area contributed by atoms with E-state index in [9.17, 15) is 13.2 Å². The minimum atomic E-state index is -3.72. The highest BCUT2D eigenvalue weighted by Crippen LogP contribution is 2.26. The fourth-order valence-electron chi connectivity index (χ4n) is 3.48. The second kappa shape index (κ2) is 9.75. The van der Waals surface area contributed by atoms with Crippen LogP contribution >= 0.6 is 11.3 Å². The highest BCUT2D eigenvalue weighted by Gasteiger charge is 2.18. The molecule has 0 aliphatic carbocycles. The van der Waals surface area contributed by atoms with Crippen molar-refractivity contribution in [3.8, 4) is 0 Å². The van der Waals surface area contributed by atoms with Gasteiger partial charge in [0.2, 0.25) is 11.9 Å². The van der Waals surface area contributed by atoms with Crippen molar-refractivity contribution in [3.63, 3.8) is 0 Å². The van der Waals surface area contributed by atoms with Gasteiger partial charge in [0.15, 0.2) is 0 Å². The van der Waals surface area contributed by atoms with Crippen LogP contribution in [0.15, 0.2) is 46.7 Å². The van der Waals surface area contributed by atoms with Gasteiger partial charge in [0.25, 0.3) is 10.0 Å². The van der Waals surface area contributed by atoms with Crippen LogP contribution < -0.4 is 20.3 Å². The summed E-state index contributed by atoms with van der Waals surface area (Å²) in [5.74, 6) is 1.26. The van der Waals surface area contributed by atoms with Crippen molar-refractivity contribution >= 4 is 50.4 Å². The van der Waals surface area contributed by atoms with Crippen molar-refractivity contribution in [2.45, 2.75) is 37.4 Å². The first kappa shape index (κ1) is 23.0. The van der Waals surface area contributed by atoms with E-state index in [1.54, 1.807) is 30.3 Å². The Morgan fingerprint density at radius 3 is 2.45 bits per heavy atom. The highest BCUT2D eigenvalue weighted by molar-refractivity contribution is 7.94. The van der Waals surface area contributed by atoms with E-state index in [4.69, 9.17) is 0 Å². The second-order valence-corrected chi connectivity index (χ2v) is 10.9. The topological polar surface area (TPSA) is 116 Å². The van der Waals surface area contributed by atoms with Crippen molar-refractivity contribution < 1.29 is 13.2 Å². The highest BCUT2D eigenvalue weighted by atomic mass is 32.2. The Bertz CT molecular complexity index is 1240. The predicted molar refractivity (Wildman–Crippen MR) is 131 cm³/mol. The number of carbonyl (C=O) groups is 1. The van der Waals surface area contributed by atoms with Gasteiger partial charge in [0, 0.05) is 48.0 Å². The molecular weight excluding hydrogens is 460 g/mol. The molecule has 9 nitrogen and oxygen atoms in total. The average Bonchev–Trinajstić information content (AvgIpc) is 3.46. The first-order valence-corrected chi connectivity index (χ1v) is 12.9. The average molecular weight is 487 g/mol. The molecule has 174 valence electrons. The number of aryl methyl sites for hydroxylation is 1. The molecule has 0 saturated carbocycles. The van der Waals surface area contributed by atoms with Gasteiger partial charge in [-0.1, -0.05) is 0 Å². The minimum Gasteiger partial charge on any atom is -0.356 e. The van der Waals surface area contributed by atoms with Crippen molar-refractivity contribution in [2.75, 3.05) is 28.0 Å². The molecular formula is C22H26N6O3S2. The number of anilines is 4. The number of amides is 1. The molecule has 3 N–H and O–H groups in total. The van der Waals surface area contributed by atoms with Gasteiger partial charge >= 0.3 is 0 Å². The number of rotatable bonds is 8. The molecule has 4 rings (SSSR count). The van der Waals surface area contributed by atoms with Gasteiger partial charge < -0.3 is 15.5 Å². The van der Waals surface area contributed by atoms with E-state index in [0.29, 0.717) is 18.2 Å². The lowest BCUT2D eigenvalue weighted by atomic mass is 10.3. The summed E-state index contributed by atoms with van der Waals surface area (Å²) in [6.45, 7) is 5.67. The monoisotopic (exact) mass is 486 g/mol. The van der Waals surface area contributed by atoms with Crippen LogP contribution in [0, 0.1) is 6.92 Å². The maximum Gasteiger partial charge on any atom is 0.271 e. The summed E-state index contributed by atoms with van der Waals surface area (Å²) < 4.78 is 28.2. The molecule has 1 fully saturated rings. The molecule has 0 bridgehead atoms. The summed E-state index contributed by atoms with van der Waals surface area (Å²) in [5.41, 5.74) is 2.08. The molecule has 0 radical (unpaired) electrons. The lowest BCUT2D eigenvalue weighted by Crippen LogP contribution is -2.19. The third-order valence-electron chi connectivity index (χ3n) is 5.08. The van der Waals surface area contributed by atoms with Gasteiger partial charge in [0.05, 0.1) is 6.54 Å². The van der Waals surface area contributed by atoms with Crippen molar-refractivity contribution in [1.29, 1.82) is 0 Å². The first-order chi connectivity index (χ1) is 15.8. The number of aromatic nitrogens is 2. The van der Waals surface area contributed by atoms with Crippen molar-refractivity contribution in [3.05, 3.63) is 53.0 Å². The summed E-state index contributed by atoms with van der Waals surface area (Å²) in [5, 5.41) is 5.86. The third kappa shape index (κ3) is 5.99. The lowest BCUT2D eigenvalue weighted by Gasteiger charge is -2.17. The van der Waals surface area contributed by atoms with Crippen LogP contribution in [0.5, 0.6) is 0 Å². The molecule has 11 heteroatoms. The molecule has 2 aromatic heterocycles. The van der Waals surface area contributed by atoms with E-state index < -0.39 is 10.0 Å². The van der Waals surface area contributed by atoms with E-state index in [2.05, 4.69) is 30.2 Å². The fourth-order valence-corrected chi connectivity index (χ4v) is 5.84. The quantitative estimate of drug-likeness (QED) is 0.445. The Kier molecular flexibility index (Phi) is 6.80. The normalized spacial score (nSPS) is 13.7. The zero-order chi connectivity index (χ0) is 23.4. The molecule has 1 saturated heterocycles.